The van der Waals surface area contributed by atoms with E-state index in [4.69, 9.17) is 0 Å². The molecule has 0 aromatic carbocycles. The number of nitrogens with zero attached hydrogens (tertiary/aromatic N) is 1. The highest BCUT2D eigenvalue weighted by molar-refractivity contribution is 4.72. The monoisotopic (exact) mass is 197 g/mol. The summed E-state index contributed by atoms with van der Waals surface area (Å²) in [5, 5.41) is 0. The van der Waals surface area contributed by atoms with Crippen molar-refractivity contribution in [2.24, 2.45) is 11.8 Å². The fourth-order valence-electron chi connectivity index (χ4n) is 2.38. The van der Waals surface area contributed by atoms with Crippen molar-refractivity contribution in [2.75, 3.05) is 19.6 Å². The van der Waals surface area contributed by atoms with Crippen LogP contribution in [0.3, 0.4) is 0 Å². The van der Waals surface area contributed by atoms with Gasteiger partial charge in [0.2, 0.25) is 0 Å². The van der Waals surface area contributed by atoms with Crippen LogP contribution in [0.1, 0.15) is 52.9 Å². The lowest BCUT2D eigenvalue weighted by atomic mass is 9.89. The van der Waals surface area contributed by atoms with Gasteiger partial charge in [0.15, 0.2) is 0 Å². The summed E-state index contributed by atoms with van der Waals surface area (Å²) in [5.74, 6) is 1.93. The second kappa shape index (κ2) is 6.44. The zero-order chi connectivity index (χ0) is 10.4. The topological polar surface area (TPSA) is 3.24 Å². The molecule has 1 aliphatic heterocycles. The normalized spacial score (nSPS) is 20.6. The van der Waals surface area contributed by atoms with E-state index in [-0.39, 0.29) is 0 Å². The number of rotatable bonds is 5. The lowest BCUT2D eigenvalue weighted by Crippen LogP contribution is -2.34. The predicted octanol–water partition coefficient (Wildman–Crippen LogP) is 3.54. The lowest BCUT2D eigenvalue weighted by Gasteiger charge is -2.31. The summed E-state index contributed by atoms with van der Waals surface area (Å²) in [6, 6.07) is 0. The van der Waals surface area contributed by atoms with Gasteiger partial charge in [-0.3, -0.25) is 0 Å². The zero-order valence-corrected chi connectivity index (χ0v) is 10.3. The Morgan fingerprint density at radius 2 is 1.86 bits per heavy atom. The largest absolute Gasteiger partial charge is 0.303 e. The van der Waals surface area contributed by atoms with Gasteiger partial charge in [-0.2, -0.15) is 0 Å². The summed E-state index contributed by atoms with van der Waals surface area (Å²) in [6.45, 7) is 11.0. The lowest BCUT2D eigenvalue weighted by molar-refractivity contribution is 0.175. The van der Waals surface area contributed by atoms with Gasteiger partial charge in [0.05, 0.1) is 0 Å². The maximum atomic E-state index is 2.63. The highest BCUT2D eigenvalue weighted by atomic mass is 15.1. The van der Waals surface area contributed by atoms with E-state index in [2.05, 4.69) is 25.7 Å². The van der Waals surface area contributed by atoms with Gasteiger partial charge in [-0.15, -0.1) is 0 Å². The summed E-state index contributed by atoms with van der Waals surface area (Å²) in [6.07, 6.45) is 7.12. The Morgan fingerprint density at radius 1 is 1.21 bits per heavy atom. The molecule has 1 fully saturated rings. The Bertz CT molecular complexity index is 134. The van der Waals surface area contributed by atoms with Crippen LogP contribution in [0.4, 0.5) is 0 Å². The third-order valence-electron chi connectivity index (χ3n) is 3.40. The van der Waals surface area contributed by atoms with Gasteiger partial charge in [0.1, 0.15) is 0 Å². The van der Waals surface area contributed by atoms with Crippen LogP contribution in [-0.4, -0.2) is 24.5 Å². The van der Waals surface area contributed by atoms with Crippen LogP contribution in [0.15, 0.2) is 0 Å². The molecule has 0 spiro atoms. The smallest absolute Gasteiger partial charge is 0.00161 e. The molecule has 0 radical (unpaired) electrons. The third-order valence-corrected chi connectivity index (χ3v) is 3.40. The molecule has 1 saturated heterocycles. The maximum absolute atomic E-state index is 2.63. The van der Waals surface area contributed by atoms with E-state index >= 15 is 0 Å². The van der Waals surface area contributed by atoms with Gasteiger partial charge in [-0.1, -0.05) is 33.6 Å². The fraction of sp³-hybridized carbons (Fsp3) is 1.00. The molecule has 1 heterocycles. The average molecular weight is 197 g/mol. The molecule has 1 aliphatic rings. The fourth-order valence-corrected chi connectivity index (χ4v) is 2.38. The molecule has 1 nitrogen and oxygen atoms in total. The average Bonchev–Trinajstić information content (AvgIpc) is 2.17. The van der Waals surface area contributed by atoms with Gasteiger partial charge < -0.3 is 4.90 Å². The first-order valence-electron chi connectivity index (χ1n) is 6.44. The molecule has 0 aliphatic carbocycles. The molecular formula is C13H27N. The van der Waals surface area contributed by atoms with E-state index < -0.39 is 0 Å². The molecule has 1 rings (SSSR count). The zero-order valence-electron chi connectivity index (χ0n) is 10.3. The van der Waals surface area contributed by atoms with Crippen molar-refractivity contribution in [3.63, 3.8) is 0 Å². The van der Waals surface area contributed by atoms with Crippen LogP contribution in [0.2, 0.25) is 0 Å². The SMILES string of the molecule is CCCN1CCC(CCC(C)C)CC1. The first kappa shape index (κ1) is 12.0. The van der Waals surface area contributed by atoms with E-state index in [1.165, 1.54) is 51.7 Å². The first-order chi connectivity index (χ1) is 6.72. The minimum absolute atomic E-state index is 0.892. The Morgan fingerprint density at radius 3 is 2.36 bits per heavy atom. The molecule has 0 saturated carbocycles. The van der Waals surface area contributed by atoms with Crippen molar-refractivity contribution in [1.82, 2.24) is 4.90 Å². The molecule has 14 heavy (non-hydrogen) atoms. The van der Waals surface area contributed by atoms with Gasteiger partial charge in [-0.05, 0) is 50.7 Å². The van der Waals surface area contributed by atoms with Gasteiger partial charge in [0, 0.05) is 0 Å². The minimum atomic E-state index is 0.892. The summed E-state index contributed by atoms with van der Waals surface area (Å²) in [4.78, 5) is 2.63. The van der Waals surface area contributed by atoms with Gasteiger partial charge >= 0.3 is 0 Å². The Balaban J connectivity index is 2.09. The number of hydrogen-bond donors (Lipinski definition) is 0. The van der Waals surface area contributed by atoms with Crippen molar-refractivity contribution >= 4 is 0 Å². The molecule has 0 aromatic rings. The van der Waals surface area contributed by atoms with Crippen LogP contribution in [-0.2, 0) is 0 Å². The van der Waals surface area contributed by atoms with Crippen LogP contribution < -0.4 is 0 Å². The number of likely N-dealkylation sites (tertiary alicyclic amines) is 1. The van der Waals surface area contributed by atoms with E-state index in [1.807, 2.05) is 0 Å². The van der Waals surface area contributed by atoms with E-state index in [0.29, 0.717) is 0 Å². The van der Waals surface area contributed by atoms with Crippen molar-refractivity contribution in [2.45, 2.75) is 52.9 Å². The highest BCUT2D eigenvalue weighted by Crippen LogP contribution is 2.23. The molecule has 0 aromatic heterocycles. The second-order valence-corrected chi connectivity index (χ2v) is 5.26. The number of hydrogen-bond acceptors (Lipinski definition) is 1. The van der Waals surface area contributed by atoms with Crippen LogP contribution in [0, 0.1) is 11.8 Å². The third kappa shape index (κ3) is 4.45. The standard InChI is InChI=1S/C13H27N/c1-4-9-14-10-7-13(8-11-14)6-5-12(2)3/h12-13H,4-11H2,1-3H3. The quantitative estimate of drug-likeness (QED) is 0.651. The van der Waals surface area contributed by atoms with E-state index in [0.717, 1.165) is 11.8 Å². The summed E-state index contributed by atoms with van der Waals surface area (Å²) in [5.41, 5.74) is 0. The van der Waals surface area contributed by atoms with E-state index in [1.54, 1.807) is 0 Å². The maximum Gasteiger partial charge on any atom is -0.00161 e. The first-order valence-corrected chi connectivity index (χ1v) is 6.44. The second-order valence-electron chi connectivity index (χ2n) is 5.26. The van der Waals surface area contributed by atoms with Gasteiger partial charge in [0.25, 0.3) is 0 Å². The van der Waals surface area contributed by atoms with Crippen LogP contribution in [0.5, 0.6) is 0 Å². The van der Waals surface area contributed by atoms with Crippen molar-refractivity contribution in [1.29, 1.82) is 0 Å². The van der Waals surface area contributed by atoms with Crippen LogP contribution >= 0.6 is 0 Å². The summed E-state index contributed by atoms with van der Waals surface area (Å²) < 4.78 is 0. The molecule has 1 heteroatoms. The summed E-state index contributed by atoms with van der Waals surface area (Å²) >= 11 is 0. The Labute approximate surface area is 89.9 Å². The van der Waals surface area contributed by atoms with E-state index in [9.17, 15) is 0 Å². The number of piperidine rings is 1. The summed E-state index contributed by atoms with van der Waals surface area (Å²) in [7, 11) is 0. The van der Waals surface area contributed by atoms with Crippen molar-refractivity contribution in [3.8, 4) is 0 Å². The van der Waals surface area contributed by atoms with Crippen LogP contribution in [0.25, 0.3) is 0 Å². The van der Waals surface area contributed by atoms with Gasteiger partial charge in [-0.25, -0.2) is 0 Å². The Kier molecular flexibility index (Phi) is 5.54. The van der Waals surface area contributed by atoms with Crippen molar-refractivity contribution < 1.29 is 0 Å². The van der Waals surface area contributed by atoms with Crippen molar-refractivity contribution in [3.05, 3.63) is 0 Å². The molecule has 0 amide bonds. The molecule has 0 bridgehead atoms. The predicted molar refractivity (Wildman–Crippen MR) is 63.5 cm³/mol. The molecule has 0 atom stereocenters. The molecule has 84 valence electrons. The minimum Gasteiger partial charge on any atom is -0.303 e. The molecular weight excluding hydrogens is 170 g/mol. The molecule has 0 N–H and O–H groups in total. The molecule has 0 unspecified atom stereocenters. The highest BCUT2D eigenvalue weighted by Gasteiger charge is 2.18. The Hall–Kier alpha value is -0.0400.